The van der Waals surface area contributed by atoms with E-state index in [0.29, 0.717) is 18.9 Å². The van der Waals surface area contributed by atoms with Gasteiger partial charge in [-0.3, -0.25) is 20.0 Å². The number of rotatable bonds is 5. The third-order valence-corrected chi connectivity index (χ3v) is 4.03. The van der Waals surface area contributed by atoms with Gasteiger partial charge in [0.25, 0.3) is 0 Å². The van der Waals surface area contributed by atoms with E-state index in [4.69, 9.17) is 5.11 Å². The normalized spacial score (nSPS) is 19.8. The molecule has 1 aromatic carbocycles. The lowest BCUT2D eigenvalue weighted by molar-refractivity contribution is -0.137. The molecular weight excluding hydrogens is 256 g/mol. The number of para-hydroxylation sites is 1. The molecule has 1 unspecified atom stereocenters. The van der Waals surface area contributed by atoms with Crippen molar-refractivity contribution in [1.29, 1.82) is 0 Å². The van der Waals surface area contributed by atoms with E-state index in [2.05, 4.69) is 5.43 Å². The zero-order chi connectivity index (χ0) is 14.1. The lowest BCUT2D eigenvalue weighted by Crippen LogP contribution is -2.34. The van der Waals surface area contributed by atoms with Gasteiger partial charge in [-0.1, -0.05) is 18.2 Å². The Morgan fingerprint density at radius 3 is 2.75 bits per heavy atom. The van der Waals surface area contributed by atoms with Crippen LogP contribution >= 0.6 is 0 Å². The Bertz CT molecular complexity index is 540. The summed E-state index contributed by atoms with van der Waals surface area (Å²) in [7, 11) is 0. The number of carbonyl (C=O) groups is 2. The maximum Gasteiger partial charge on any atom is 0.303 e. The highest BCUT2D eigenvalue weighted by molar-refractivity contribution is 5.82. The van der Waals surface area contributed by atoms with Crippen LogP contribution in [0.4, 0.5) is 5.69 Å². The lowest BCUT2D eigenvalue weighted by Gasteiger charge is -2.25. The molecule has 1 aliphatic heterocycles. The van der Waals surface area contributed by atoms with Crippen LogP contribution in [0.2, 0.25) is 0 Å². The molecule has 20 heavy (non-hydrogen) atoms. The SMILES string of the molecule is O=C(O)CC(c1ccccc1N1CCC(=O)N1)C1CC1. The Morgan fingerprint density at radius 1 is 1.40 bits per heavy atom. The molecule has 0 radical (unpaired) electrons. The molecule has 2 aliphatic rings. The van der Waals surface area contributed by atoms with Crippen molar-refractivity contribution >= 4 is 17.6 Å². The second-order valence-electron chi connectivity index (χ2n) is 5.54. The van der Waals surface area contributed by atoms with Gasteiger partial charge in [-0.25, -0.2) is 0 Å². The summed E-state index contributed by atoms with van der Waals surface area (Å²) < 4.78 is 0. The molecule has 1 atom stereocenters. The highest BCUT2D eigenvalue weighted by Crippen LogP contribution is 2.47. The van der Waals surface area contributed by atoms with E-state index in [1.165, 1.54) is 0 Å². The number of carboxylic acid groups (broad SMARTS) is 1. The van der Waals surface area contributed by atoms with Crippen LogP contribution in [0.25, 0.3) is 0 Å². The van der Waals surface area contributed by atoms with Gasteiger partial charge in [0.15, 0.2) is 0 Å². The van der Waals surface area contributed by atoms with Crippen LogP contribution in [0.15, 0.2) is 24.3 Å². The van der Waals surface area contributed by atoms with Crippen LogP contribution < -0.4 is 10.4 Å². The summed E-state index contributed by atoms with van der Waals surface area (Å²) in [5, 5.41) is 11.0. The highest BCUT2D eigenvalue weighted by Gasteiger charge is 2.36. The predicted octanol–water partition coefficient (Wildman–Crippen LogP) is 1.90. The Morgan fingerprint density at radius 2 is 2.15 bits per heavy atom. The minimum Gasteiger partial charge on any atom is -0.481 e. The summed E-state index contributed by atoms with van der Waals surface area (Å²) in [5.74, 6) is -0.241. The molecule has 1 saturated carbocycles. The molecule has 0 bridgehead atoms. The molecule has 2 N–H and O–H groups in total. The zero-order valence-electron chi connectivity index (χ0n) is 11.2. The first-order valence-corrected chi connectivity index (χ1v) is 7.03. The third kappa shape index (κ3) is 2.61. The molecule has 2 fully saturated rings. The summed E-state index contributed by atoms with van der Waals surface area (Å²) in [6.07, 6.45) is 2.84. The first-order valence-electron chi connectivity index (χ1n) is 7.03. The van der Waals surface area contributed by atoms with Crippen LogP contribution in [0.1, 0.15) is 37.2 Å². The lowest BCUT2D eigenvalue weighted by atomic mass is 9.89. The number of hydrazine groups is 1. The van der Waals surface area contributed by atoms with Crippen LogP contribution in [0.3, 0.4) is 0 Å². The van der Waals surface area contributed by atoms with Gasteiger partial charge in [0.05, 0.1) is 12.1 Å². The number of hydrogen-bond donors (Lipinski definition) is 2. The number of carbonyl (C=O) groups excluding carboxylic acids is 1. The van der Waals surface area contributed by atoms with Crippen molar-refractivity contribution < 1.29 is 14.7 Å². The molecule has 1 heterocycles. The largest absolute Gasteiger partial charge is 0.481 e. The smallest absolute Gasteiger partial charge is 0.303 e. The summed E-state index contributed by atoms with van der Waals surface area (Å²) in [6.45, 7) is 0.639. The minimum absolute atomic E-state index is 0.0148. The fourth-order valence-electron chi connectivity index (χ4n) is 2.92. The van der Waals surface area contributed by atoms with Gasteiger partial charge in [-0.2, -0.15) is 0 Å². The Hall–Kier alpha value is -2.04. The number of nitrogens with zero attached hydrogens (tertiary/aromatic N) is 1. The number of carboxylic acids is 1. The van der Waals surface area contributed by atoms with Crippen molar-refractivity contribution in [3.8, 4) is 0 Å². The van der Waals surface area contributed by atoms with Crippen molar-refractivity contribution in [3.05, 3.63) is 29.8 Å². The fraction of sp³-hybridized carbons (Fsp3) is 0.467. The average Bonchev–Trinajstić information content (AvgIpc) is 3.18. The van der Waals surface area contributed by atoms with Crippen molar-refractivity contribution in [2.45, 2.75) is 31.6 Å². The molecule has 5 nitrogen and oxygen atoms in total. The van der Waals surface area contributed by atoms with E-state index in [0.717, 1.165) is 24.1 Å². The monoisotopic (exact) mass is 274 g/mol. The Balaban J connectivity index is 1.91. The standard InChI is InChI=1S/C15H18N2O3/c18-14-7-8-17(16-14)13-4-2-1-3-11(13)12(9-15(19)20)10-5-6-10/h1-4,10,12H,5-9H2,(H,16,18)(H,19,20). The maximum absolute atomic E-state index is 11.4. The number of anilines is 1. The second kappa shape index (κ2) is 5.15. The van der Waals surface area contributed by atoms with Crippen LogP contribution in [0, 0.1) is 5.92 Å². The fourth-order valence-corrected chi connectivity index (χ4v) is 2.92. The first-order chi connectivity index (χ1) is 9.65. The van der Waals surface area contributed by atoms with Crippen LogP contribution in [0.5, 0.6) is 0 Å². The van der Waals surface area contributed by atoms with Crippen molar-refractivity contribution in [1.82, 2.24) is 5.43 Å². The highest BCUT2D eigenvalue weighted by atomic mass is 16.4. The molecule has 1 aromatic rings. The number of amides is 1. The van der Waals surface area contributed by atoms with E-state index >= 15 is 0 Å². The molecular formula is C15H18N2O3. The maximum atomic E-state index is 11.4. The summed E-state index contributed by atoms with van der Waals surface area (Å²) >= 11 is 0. The molecule has 3 rings (SSSR count). The van der Waals surface area contributed by atoms with E-state index in [1.807, 2.05) is 29.3 Å². The first kappa shape index (κ1) is 13.0. The van der Waals surface area contributed by atoms with Gasteiger partial charge in [0.2, 0.25) is 5.91 Å². The third-order valence-electron chi connectivity index (χ3n) is 4.03. The van der Waals surface area contributed by atoms with Crippen molar-refractivity contribution in [3.63, 3.8) is 0 Å². The number of benzene rings is 1. The molecule has 1 aliphatic carbocycles. The van der Waals surface area contributed by atoms with Gasteiger partial charge in [-0.15, -0.1) is 0 Å². The molecule has 0 spiro atoms. The van der Waals surface area contributed by atoms with Gasteiger partial charge < -0.3 is 5.11 Å². The van der Waals surface area contributed by atoms with Crippen molar-refractivity contribution in [2.24, 2.45) is 5.92 Å². The van der Waals surface area contributed by atoms with Gasteiger partial charge >= 0.3 is 5.97 Å². The number of hydrogen-bond acceptors (Lipinski definition) is 3. The van der Waals surface area contributed by atoms with Crippen LogP contribution in [-0.4, -0.2) is 23.5 Å². The molecule has 106 valence electrons. The van der Waals surface area contributed by atoms with E-state index in [9.17, 15) is 9.59 Å². The number of nitrogens with one attached hydrogen (secondary N) is 1. The Labute approximate surface area is 117 Å². The number of aliphatic carboxylic acids is 1. The summed E-state index contributed by atoms with van der Waals surface area (Å²) in [5.41, 5.74) is 4.81. The van der Waals surface area contributed by atoms with Gasteiger partial charge in [-0.05, 0) is 36.3 Å². The molecule has 1 saturated heterocycles. The van der Waals surface area contributed by atoms with E-state index in [-0.39, 0.29) is 18.2 Å². The molecule has 0 aromatic heterocycles. The zero-order valence-corrected chi connectivity index (χ0v) is 11.2. The Kier molecular flexibility index (Phi) is 3.34. The molecule has 1 amide bonds. The average molecular weight is 274 g/mol. The summed E-state index contributed by atoms with van der Waals surface area (Å²) in [6, 6.07) is 7.81. The molecule has 5 heteroatoms. The quantitative estimate of drug-likeness (QED) is 0.860. The van der Waals surface area contributed by atoms with Crippen molar-refractivity contribution in [2.75, 3.05) is 11.6 Å². The second-order valence-corrected chi connectivity index (χ2v) is 5.54. The summed E-state index contributed by atoms with van der Waals surface area (Å²) in [4.78, 5) is 22.5. The minimum atomic E-state index is -0.762. The topological polar surface area (TPSA) is 69.6 Å². The van der Waals surface area contributed by atoms with Gasteiger partial charge in [0.1, 0.15) is 0 Å². The van der Waals surface area contributed by atoms with E-state index < -0.39 is 5.97 Å². The van der Waals surface area contributed by atoms with Crippen LogP contribution in [-0.2, 0) is 9.59 Å². The van der Waals surface area contributed by atoms with E-state index in [1.54, 1.807) is 0 Å². The predicted molar refractivity (Wildman–Crippen MR) is 74.3 cm³/mol. The van der Waals surface area contributed by atoms with Gasteiger partial charge in [0, 0.05) is 13.0 Å².